The van der Waals surface area contributed by atoms with Gasteiger partial charge in [-0.1, -0.05) is 0 Å². The standard InChI is InChI=1S/C11H14N2O4S/c1-2-17-11-6-5-10(14)13(11)18(15,16)9-4-3-7-12-8-9/h3-4,7-8,11H,2,5-6H2,1H3. The molecule has 0 radical (unpaired) electrons. The summed E-state index contributed by atoms with van der Waals surface area (Å²) in [5, 5.41) is 0. The summed E-state index contributed by atoms with van der Waals surface area (Å²) in [7, 11) is -3.86. The third-order valence-corrected chi connectivity index (χ3v) is 4.46. The van der Waals surface area contributed by atoms with Gasteiger partial charge in [-0.25, -0.2) is 12.7 Å². The van der Waals surface area contributed by atoms with Crippen LogP contribution in [0.3, 0.4) is 0 Å². The molecule has 1 atom stereocenters. The Bertz CT molecular complexity index is 529. The normalized spacial score (nSPS) is 20.4. The van der Waals surface area contributed by atoms with Crippen LogP contribution in [-0.4, -0.2) is 36.4 Å². The molecule has 0 spiro atoms. The quantitative estimate of drug-likeness (QED) is 0.807. The van der Waals surface area contributed by atoms with Crippen molar-refractivity contribution in [3.63, 3.8) is 0 Å². The van der Waals surface area contributed by atoms with Gasteiger partial charge in [-0.3, -0.25) is 9.78 Å². The summed E-state index contributed by atoms with van der Waals surface area (Å²) in [5.41, 5.74) is 0. The van der Waals surface area contributed by atoms with E-state index in [0.29, 0.717) is 13.0 Å². The van der Waals surface area contributed by atoms with Gasteiger partial charge >= 0.3 is 0 Å². The average molecular weight is 270 g/mol. The zero-order chi connectivity index (χ0) is 13.2. The Balaban J connectivity index is 2.37. The highest BCUT2D eigenvalue weighted by Crippen LogP contribution is 2.27. The van der Waals surface area contributed by atoms with Gasteiger partial charge in [0.1, 0.15) is 11.1 Å². The molecule has 1 aromatic heterocycles. The molecular weight excluding hydrogens is 256 g/mol. The van der Waals surface area contributed by atoms with E-state index in [1.165, 1.54) is 24.5 Å². The fraction of sp³-hybridized carbons (Fsp3) is 0.455. The molecule has 0 aromatic carbocycles. The van der Waals surface area contributed by atoms with Crippen LogP contribution >= 0.6 is 0 Å². The summed E-state index contributed by atoms with van der Waals surface area (Å²) in [5.74, 6) is -0.433. The number of carbonyl (C=O) groups is 1. The molecular formula is C11H14N2O4S. The summed E-state index contributed by atoms with van der Waals surface area (Å²) in [6.07, 6.45) is 2.58. The van der Waals surface area contributed by atoms with E-state index in [2.05, 4.69) is 4.98 Å². The second-order valence-electron chi connectivity index (χ2n) is 3.83. The van der Waals surface area contributed by atoms with Crippen LogP contribution in [0.15, 0.2) is 29.4 Å². The SMILES string of the molecule is CCOC1CCC(=O)N1S(=O)(=O)c1cccnc1. The van der Waals surface area contributed by atoms with Crippen molar-refractivity contribution in [2.45, 2.75) is 30.9 Å². The third-order valence-electron chi connectivity index (χ3n) is 2.66. The minimum absolute atomic E-state index is 0.00459. The molecule has 18 heavy (non-hydrogen) atoms. The van der Waals surface area contributed by atoms with Crippen molar-refractivity contribution in [3.05, 3.63) is 24.5 Å². The smallest absolute Gasteiger partial charge is 0.270 e. The number of carbonyl (C=O) groups excluding carboxylic acids is 1. The summed E-state index contributed by atoms with van der Waals surface area (Å²) in [6.45, 7) is 2.12. The van der Waals surface area contributed by atoms with Crippen LogP contribution in [-0.2, 0) is 19.6 Å². The van der Waals surface area contributed by atoms with Crippen LogP contribution in [0.4, 0.5) is 0 Å². The molecule has 6 nitrogen and oxygen atoms in total. The highest BCUT2D eigenvalue weighted by molar-refractivity contribution is 7.89. The number of amides is 1. The molecule has 1 aliphatic heterocycles. The first-order valence-corrected chi connectivity index (χ1v) is 7.10. The molecule has 2 heterocycles. The third kappa shape index (κ3) is 2.23. The van der Waals surface area contributed by atoms with Crippen LogP contribution in [0, 0.1) is 0 Å². The molecule has 0 saturated carbocycles. The zero-order valence-electron chi connectivity index (χ0n) is 9.94. The molecule has 0 bridgehead atoms. The van der Waals surface area contributed by atoms with Crippen molar-refractivity contribution in [2.24, 2.45) is 0 Å². The van der Waals surface area contributed by atoms with E-state index in [1.54, 1.807) is 6.92 Å². The lowest BCUT2D eigenvalue weighted by atomic mass is 10.3. The van der Waals surface area contributed by atoms with E-state index < -0.39 is 22.2 Å². The van der Waals surface area contributed by atoms with Crippen LogP contribution in [0.2, 0.25) is 0 Å². The van der Waals surface area contributed by atoms with Gasteiger partial charge in [-0.15, -0.1) is 0 Å². The predicted octanol–water partition coefficient (Wildman–Crippen LogP) is 0.755. The van der Waals surface area contributed by atoms with Crippen molar-refractivity contribution in [1.82, 2.24) is 9.29 Å². The first-order valence-electron chi connectivity index (χ1n) is 5.66. The van der Waals surface area contributed by atoms with E-state index in [4.69, 9.17) is 4.74 Å². The van der Waals surface area contributed by atoms with Crippen molar-refractivity contribution in [1.29, 1.82) is 0 Å². The number of hydrogen-bond acceptors (Lipinski definition) is 5. The van der Waals surface area contributed by atoms with E-state index in [0.717, 1.165) is 4.31 Å². The molecule has 7 heteroatoms. The minimum atomic E-state index is -3.86. The molecule has 1 aromatic rings. The van der Waals surface area contributed by atoms with Crippen LogP contribution in [0.25, 0.3) is 0 Å². The lowest BCUT2D eigenvalue weighted by Gasteiger charge is -2.23. The Morgan fingerprint density at radius 2 is 2.33 bits per heavy atom. The molecule has 1 unspecified atom stereocenters. The molecule has 98 valence electrons. The molecule has 2 rings (SSSR count). The largest absolute Gasteiger partial charge is 0.357 e. The summed E-state index contributed by atoms with van der Waals surface area (Å²) >= 11 is 0. The second kappa shape index (κ2) is 5.03. The number of ether oxygens (including phenoxy) is 1. The van der Waals surface area contributed by atoms with Gasteiger partial charge in [0.05, 0.1) is 0 Å². The van der Waals surface area contributed by atoms with Gasteiger partial charge < -0.3 is 4.74 Å². The highest BCUT2D eigenvalue weighted by atomic mass is 32.2. The maximum atomic E-state index is 12.3. The number of hydrogen-bond donors (Lipinski definition) is 0. The van der Waals surface area contributed by atoms with Crippen LogP contribution in [0.1, 0.15) is 19.8 Å². The van der Waals surface area contributed by atoms with E-state index in [-0.39, 0.29) is 11.3 Å². The highest BCUT2D eigenvalue weighted by Gasteiger charge is 2.41. The van der Waals surface area contributed by atoms with Gasteiger partial charge in [0.2, 0.25) is 5.91 Å². The van der Waals surface area contributed by atoms with Crippen molar-refractivity contribution in [3.8, 4) is 0 Å². The first kappa shape index (κ1) is 13.0. The molecule has 0 aliphatic carbocycles. The van der Waals surface area contributed by atoms with Gasteiger partial charge in [-0.2, -0.15) is 0 Å². The Hall–Kier alpha value is -1.47. The predicted molar refractivity (Wildman–Crippen MR) is 62.9 cm³/mol. The fourth-order valence-electron chi connectivity index (χ4n) is 1.88. The van der Waals surface area contributed by atoms with E-state index in [9.17, 15) is 13.2 Å². The molecule has 0 N–H and O–H groups in total. The monoisotopic (exact) mass is 270 g/mol. The van der Waals surface area contributed by atoms with Gasteiger partial charge in [-0.05, 0) is 19.1 Å². The summed E-state index contributed by atoms with van der Waals surface area (Å²) in [6, 6.07) is 2.93. The van der Waals surface area contributed by atoms with Gasteiger partial charge in [0.25, 0.3) is 10.0 Å². The van der Waals surface area contributed by atoms with E-state index >= 15 is 0 Å². The fourth-order valence-corrected chi connectivity index (χ4v) is 3.39. The zero-order valence-corrected chi connectivity index (χ0v) is 10.8. The second-order valence-corrected chi connectivity index (χ2v) is 5.65. The minimum Gasteiger partial charge on any atom is -0.357 e. The van der Waals surface area contributed by atoms with Crippen molar-refractivity contribution >= 4 is 15.9 Å². The Labute approximate surface area is 106 Å². The number of rotatable bonds is 4. The molecule has 1 amide bonds. The number of aromatic nitrogens is 1. The molecule has 1 aliphatic rings. The summed E-state index contributed by atoms with van der Waals surface area (Å²) in [4.78, 5) is 15.5. The number of sulfonamides is 1. The Kier molecular flexibility index (Phi) is 3.63. The Morgan fingerprint density at radius 1 is 1.56 bits per heavy atom. The van der Waals surface area contributed by atoms with Crippen LogP contribution < -0.4 is 0 Å². The average Bonchev–Trinajstić information content (AvgIpc) is 2.73. The maximum absolute atomic E-state index is 12.3. The molecule has 1 fully saturated rings. The molecule has 1 saturated heterocycles. The number of nitrogens with zero attached hydrogens (tertiary/aromatic N) is 2. The first-order chi connectivity index (χ1) is 8.57. The van der Waals surface area contributed by atoms with Gasteiger partial charge in [0, 0.05) is 31.8 Å². The topological polar surface area (TPSA) is 76.6 Å². The van der Waals surface area contributed by atoms with Crippen molar-refractivity contribution < 1.29 is 17.9 Å². The lowest BCUT2D eigenvalue weighted by Crippen LogP contribution is -2.40. The number of pyridine rings is 1. The summed E-state index contributed by atoms with van der Waals surface area (Å²) < 4.78 is 30.8. The lowest BCUT2D eigenvalue weighted by molar-refractivity contribution is -0.128. The Morgan fingerprint density at radius 3 is 2.94 bits per heavy atom. The van der Waals surface area contributed by atoms with Gasteiger partial charge in [0.15, 0.2) is 0 Å². The van der Waals surface area contributed by atoms with Crippen LogP contribution in [0.5, 0.6) is 0 Å². The van der Waals surface area contributed by atoms with Crippen molar-refractivity contribution in [2.75, 3.05) is 6.61 Å². The van der Waals surface area contributed by atoms with E-state index in [1.807, 2.05) is 0 Å². The maximum Gasteiger partial charge on any atom is 0.270 e.